The van der Waals surface area contributed by atoms with Crippen LogP contribution in [0.2, 0.25) is 0 Å². The second-order valence-electron chi connectivity index (χ2n) is 3.32. The van der Waals surface area contributed by atoms with Crippen LogP contribution in [0.3, 0.4) is 0 Å². The highest BCUT2D eigenvalue weighted by molar-refractivity contribution is 7.18. The minimum absolute atomic E-state index is 0.200. The van der Waals surface area contributed by atoms with E-state index in [2.05, 4.69) is 9.72 Å². The van der Waals surface area contributed by atoms with Gasteiger partial charge in [-0.15, -0.1) is 11.3 Å². The summed E-state index contributed by atoms with van der Waals surface area (Å²) in [5, 5.41) is 10.2. The average Bonchev–Trinajstić information content (AvgIpc) is 2.69. The summed E-state index contributed by atoms with van der Waals surface area (Å²) in [6.07, 6.45) is -0.933. The lowest BCUT2D eigenvalue weighted by molar-refractivity contribution is -0.150. The SMILES string of the molecule is COC(=O)C(O)Cc1nc2ccccc2s1. The van der Waals surface area contributed by atoms with Gasteiger partial charge in [0.2, 0.25) is 0 Å². The number of ether oxygens (including phenoxy) is 1. The first-order valence-electron chi connectivity index (χ1n) is 4.81. The van der Waals surface area contributed by atoms with E-state index in [1.165, 1.54) is 18.4 Å². The molecule has 0 aliphatic heterocycles. The van der Waals surface area contributed by atoms with Crippen molar-refractivity contribution < 1.29 is 14.6 Å². The molecule has 1 aromatic heterocycles. The summed E-state index contributed by atoms with van der Waals surface area (Å²) in [7, 11) is 1.25. The fourth-order valence-electron chi connectivity index (χ4n) is 1.39. The molecule has 1 unspecified atom stereocenters. The third-order valence-electron chi connectivity index (χ3n) is 2.18. The van der Waals surface area contributed by atoms with Crippen LogP contribution in [0.1, 0.15) is 5.01 Å². The predicted octanol–water partition coefficient (Wildman–Crippen LogP) is 1.37. The molecule has 2 aromatic rings. The van der Waals surface area contributed by atoms with Crippen molar-refractivity contribution in [3.63, 3.8) is 0 Å². The van der Waals surface area contributed by atoms with Crippen molar-refractivity contribution in [1.82, 2.24) is 4.98 Å². The van der Waals surface area contributed by atoms with Gasteiger partial charge in [-0.1, -0.05) is 12.1 Å². The first-order chi connectivity index (χ1) is 7.70. The number of esters is 1. The van der Waals surface area contributed by atoms with Gasteiger partial charge in [-0.05, 0) is 12.1 Å². The van der Waals surface area contributed by atoms with Gasteiger partial charge in [0.05, 0.1) is 22.3 Å². The topological polar surface area (TPSA) is 59.4 Å². The second kappa shape index (κ2) is 4.59. The first kappa shape index (κ1) is 11.0. The number of hydrogen-bond donors (Lipinski definition) is 1. The molecule has 1 heterocycles. The van der Waals surface area contributed by atoms with Gasteiger partial charge in [-0.3, -0.25) is 0 Å². The van der Waals surface area contributed by atoms with Gasteiger partial charge >= 0.3 is 5.97 Å². The Kier molecular flexibility index (Phi) is 3.17. The highest BCUT2D eigenvalue weighted by Crippen LogP contribution is 2.22. The van der Waals surface area contributed by atoms with E-state index in [-0.39, 0.29) is 6.42 Å². The van der Waals surface area contributed by atoms with Crippen LogP contribution in [0.25, 0.3) is 10.2 Å². The van der Waals surface area contributed by atoms with E-state index < -0.39 is 12.1 Å². The largest absolute Gasteiger partial charge is 0.467 e. The molecule has 0 aliphatic rings. The van der Waals surface area contributed by atoms with Crippen LogP contribution < -0.4 is 0 Å². The maximum absolute atomic E-state index is 11.0. The Morgan fingerprint density at radius 3 is 3.00 bits per heavy atom. The number of rotatable bonds is 3. The molecule has 0 bridgehead atoms. The van der Waals surface area contributed by atoms with E-state index in [1.807, 2.05) is 24.3 Å². The van der Waals surface area contributed by atoms with Crippen LogP contribution in [0.5, 0.6) is 0 Å². The third-order valence-corrected chi connectivity index (χ3v) is 3.24. The van der Waals surface area contributed by atoms with E-state index in [4.69, 9.17) is 0 Å². The number of fused-ring (bicyclic) bond motifs is 1. The molecule has 1 atom stereocenters. The van der Waals surface area contributed by atoms with Gasteiger partial charge in [-0.2, -0.15) is 0 Å². The molecule has 84 valence electrons. The molecule has 1 N–H and O–H groups in total. The molecule has 5 heteroatoms. The van der Waals surface area contributed by atoms with Crippen molar-refractivity contribution >= 4 is 27.5 Å². The average molecular weight is 237 g/mol. The summed E-state index contributed by atoms with van der Waals surface area (Å²) < 4.78 is 5.50. The summed E-state index contributed by atoms with van der Waals surface area (Å²) >= 11 is 1.47. The van der Waals surface area contributed by atoms with Gasteiger partial charge in [0.25, 0.3) is 0 Å². The van der Waals surface area contributed by atoms with Crippen molar-refractivity contribution in [3.05, 3.63) is 29.3 Å². The zero-order chi connectivity index (χ0) is 11.5. The van der Waals surface area contributed by atoms with E-state index in [9.17, 15) is 9.90 Å². The Hall–Kier alpha value is -1.46. The van der Waals surface area contributed by atoms with Crippen molar-refractivity contribution in [1.29, 1.82) is 0 Å². The lowest BCUT2D eigenvalue weighted by Gasteiger charge is -2.04. The van der Waals surface area contributed by atoms with Gasteiger partial charge in [-0.25, -0.2) is 9.78 Å². The molecule has 0 spiro atoms. The second-order valence-corrected chi connectivity index (χ2v) is 4.43. The number of carbonyl (C=O) groups is 1. The lowest BCUT2D eigenvalue weighted by atomic mass is 10.2. The molecular formula is C11H11NO3S. The molecule has 4 nitrogen and oxygen atoms in total. The Morgan fingerprint density at radius 1 is 1.56 bits per heavy atom. The monoisotopic (exact) mass is 237 g/mol. The van der Waals surface area contributed by atoms with Crippen molar-refractivity contribution in [2.45, 2.75) is 12.5 Å². The Morgan fingerprint density at radius 2 is 2.31 bits per heavy atom. The number of methoxy groups -OCH3 is 1. The van der Waals surface area contributed by atoms with Crippen LogP contribution in [-0.4, -0.2) is 29.3 Å². The smallest absolute Gasteiger partial charge is 0.335 e. The van der Waals surface area contributed by atoms with Crippen LogP contribution in [0.4, 0.5) is 0 Å². The minimum atomic E-state index is -1.13. The summed E-state index contributed by atoms with van der Waals surface area (Å²) in [4.78, 5) is 15.4. The molecular weight excluding hydrogens is 226 g/mol. The van der Waals surface area contributed by atoms with E-state index in [0.717, 1.165) is 15.2 Å². The maximum atomic E-state index is 11.0. The number of benzene rings is 1. The third kappa shape index (κ3) is 2.20. The Bertz CT molecular complexity index is 476. The molecule has 0 saturated carbocycles. The molecule has 0 saturated heterocycles. The highest BCUT2D eigenvalue weighted by Gasteiger charge is 2.17. The molecule has 1 aromatic carbocycles. The predicted molar refractivity (Wildman–Crippen MR) is 61.3 cm³/mol. The number of para-hydroxylation sites is 1. The zero-order valence-electron chi connectivity index (χ0n) is 8.71. The van der Waals surface area contributed by atoms with Crippen molar-refractivity contribution in [2.24, 2.45) is 0 Å². The van der Waals surface area contributed by atoms with Crippen LogP contribution in [-0.2, 0) is 16.0 Å². The number of aliphatic hydroxyl groups is 1. The summed E-state index contributed by atoms with van der Waals surface area (Å²) in [5.74, 6) is -0.626. The number of aliphatic hydroxyl groups excluding tert-OH is 1. The summed E-state index contributed by atoms with van der Waals surface area (Å²) in [5.41, 5.74) is 0.888. The molecule has 0 amide bonds. The zero-order valence-corrected chi connectivity index (χ0v) is 9.53. The number of carbonyl (C=O) groups excluding carboxylic acids is 1. The fraction of sp³-hybridized carbons (Fsp3) is 0.273. The molecule has 2 rings (SSSR count). The molecule has 0 fully saturated rings. The molecule has 16 heavy (non-hydrogen) atoms. The number of nitrogens with zero attached hydrogens (tertiary/aromatic N) is 1. The Balaban J connectivity index is 2.18. The first-order valence-corrected chi connectivity index (χ1v) is 5.62. The van der Waals surface area contributed by atoms with Crippen LogP contribution in [0, 0.1) is 0 Å². The Labute approximate surface area is 96.5 Å². The van der Waals surface area contributed by atoms with Gasteiger partial charge in [0.1, 0.15) is 0 Å². The van der Waals surface area contributed by atoms with E-state index in [0.29, 0.717) is 0 Å². The van der Waals surface area contributed by atoms with Crippen molar-refractivity contribution in [3.8, 4) is 0 Å². The van der Waals surface area contributed by atoms with Crippen LogP contribution >= 0.6 is 11.3 Å². The number of aromatic nitrogens is 1. The number of hydrogen-bond acceptors (Lipinski definition) is 5. The fourth-order valence-corrected chi connectivity index (χ4v) is 2.40. The van der Waals surface area contributed by atoms with E-state index in [1.54, 1.807) is 0 Å². The van der Waals surface area contributed by atoms with Crippen LogP contribution in [0.15, 0.2) is 24.3 Å². The van der Waals surface area contributed by atoms with Crippen molar-refractivity contribution in [2.75, 3.05) is 7.11 Å². The minimum Gasteiger partial charge on any atom is -0.467 e. The van der Waals surface area contributed by atoms with E-state index >= 15 is 0 Å². The van der Waals surface area contributed by atoms with Gasteiger partial charge in [0, 0.05) is 6.42 Å². The molecule has 0 radical (unpaired) electrons. The quantitative estimate of drug-likeness (QED) is 0.819. The lowest BCUT2D eigenvalue weighted by Crippen LogP contribution is -2.23. The standard InChI is InChI=1S/C11H11NO3S/c1-15-11(14)8(13)6-10-12-7-4-2-3-5-9(7)16-10/h2-5,8,13H,6H2,1H3. The summed E-state index contributed by atoms with van der Waals surface area (Å²) in [6, 6.07) is 7.70. The van der Waals surface area contributed by atoms with Gasteiger partial charge < -0.3 is 9.84 Å². The van der Waals surface area contributed by atoms with Gasteiger partial charge in [0.15, 0.2) is 6.10 Å². The normalized spacial score (nSPS) is 12.6. The maximum Gasteiger partial charge on any atom is 0.335 e. The summed E-state index contributed by atoms with van der Waals surface area (Å²) in [6.45, 7) is 0. The molecule has 0 aliphatic carbocycles. The highest BCUT2D eigenvalue weighted by atomic mass is 32.1. The number of thiazole rings is 1.